The molecule has 0 saturated heterocycles. The zero-order valence-corrected chi connectivity index (χ0v) is 13.2. The van der Waals surface area contributed by atoms with Gasteiger partial charge < -0.3 is 0 Å². The van der Waals surface area contributed by atoms with Gasteiger partial charge in [-0.2, -0.15) is 5.10 Å². The van der Waals surface area contributed by atoms with Gasteiger partial charge in [-0.15, -0.1) is 10.2 Å². The van der Waals surface area contributed by atoms with Crippen LogP contribution in [0.2, 0.25) is 0 Å². The molecule has 0 saturated carbocycles. The maximum Gasteiger partial charge on any atom is 0.278 e. The number of anilines is 1. The van der Waals surface area contributed by atoms with Crippen molar-refractivity contribution >= 4 is 22.4 Å². The highest BCUT2D eigenvalue weighted by molar-refractivity contribution is 7.13. The topological polar surface area (TPSA) is 72.7 Å². The molecule has 1 aliphatic carbocycles. The lowest BCUT2D eigenvalue weighted by Gasteiger charge is -2.14. The minimum absolute atomic E-state index is 0.213. The predicted octanol–water partition coefficient (Wildman–Crippen LogP) is 2.85. The summed E-state index contributed by atoms with van der Waals surface area (Å²) in [6.07, 6.45) is 4.06. The van der Waals surface area contributed by atoms with Crippen LogP contribution >= 0.6 is 11.3 Å². The van der Waals surface area contributed by atoms with E-state index in [1.165, 1.54) is 11.3 Å². The summed E-state index contributed by atoms with van der Waals surface area (Å²) in [6, 6.07) is 9.95. The van der Waals surface area contributed by atoms with E-state index < -0.39 is 0 Å². The van der Waals surface area contributed by atoms with Crippen LogP contribution in [0.1, 0.15) is 34.6 Å². The number of hydrogen-bond donors (Lipinski definition) is 1. The van der Waals surface area contributed by atoms with Gasteiger partial charge in [-0.3, -0.25) is 10.1 Å². The van der Waals surface area contributed by atoms with Crippen molar-refractivity contribution in [3.8, 4) is 5.69 Å². The molecule has 6 nitrogen and oxygen atoms in total. The fourth-order valence-electron chi connectivity index (χ4n) is 2.95. The van der Waals surface area contributed by atoms with Crippen molar-refractivity contribution in [3.05, 3.63) is 52.8 Å². The molecule has 0 bridgehead atoms. The summed E-state index contributed by atoms with van der Waals surface area (Å²) in [7, 11) is 0. The zero-order valence-electron chi connectivity index (χ0n) is 12.4. The molecule has 7 heteroatoms. The van der Waals surface area contributed by atoms with Crippen molar-refractivity contribution in [2.24, 2.45) is 0 Å². The van der Waals surface area contributed by atoms with Gasteiger partial charge in [0.25, 0.3) is 5.91 Å². The number of hydrogen-bond acceptors (Lipinski definition) is 5. The zero-order chi connectivity index (χ0) is 15.6. The maximum absolute atomic E-state index is 12.6. The van der Waals surface area contributed by atoms with E-state index in [1.54, 1.807) is 5.51 Å². The van der Waals surface area contributed by atoms with Crippen LogP contribution in [0, 0.1) is 0 Å². The fourth-order valence-corrected chi connectivity index (χ4v) is 3.39. The molecule has 2 aromatic heterocycles. The first-order chi connectivity index (χ1) is 11.3. The van der Waals surface area contributed by atoms with E-state index in [1.807, 2.05) is 35.0 Å². The van der Waals surface area contributed by atoms with E-state index in [0.717, 1.165) is 42.6 Å². The van der Waals surface area contributed by atoms with E-state index >= 15 is 0 Å². The molecule has 1 N–H and O–H groups in total. The quantitative estimate of drug-likeness (QED) is 0.803. The van der Waals surface area contributed by atoms with E-state index in [4.69, 9.17) is 0 Å². The van der Waals surface area contributed by atoms with Crippen LogP contribution in [-0.4, -0.2) is 25.9 Å². The van der Waals surface area contributed by atoms with Crippen LogP contribution in [0.5, 0.6) is 0 Å². The molecule has 1 amide bonds. The lowest BCUT2D eigenvalue weighted by Crippen LogP contribution is -2.15. The van der Waals surface area contributed by atoms with Crippen LogP contribution < -0.4 is 5.32 Å². The van der Waals surface area contributed by atoms with E-state index in [-0.39, 0.29) is 5.91 Å². The summed E-state index contributed by atoms with van der Waals surface area (Å²) in [4.78, 5) is 12.6. The number of benzene rings is 1. The van der Waals surface area contributed by atoms with Gasteiger partial charge in [0.05, 0.1) is 5.69 Å². The van der Waals surface area contributed by atoms with Crippen molar-refractivity contribution in [3.63, 3.8) is 0 Å². The largest absolute Gasteiger partial charge is 0.295 e. The third-order valence-corrected chi connectivity index (χ3v) is 4.58. The number of fused-ring (bicyclic) bond motifs is 1. The Morgan fingerprint density at radius 1 is 1.17 bits per heavy atom. The van der Waals surface area contributed by atoms with Crippen LogP contribution in [0.15, 0.2) is 35.8 Å². The van der Waals surface area contributed by atoms with Gasteiger partial charge in [0.2, 0.25) is 5.13 Å². The Morgan fingerprint density at radius 2 is 2.00 bits per heavy atom. The van der Waals surface area contributed by atoms with Crippen LogP contribution in [0.25, 0.3) is 5.69 Å². The second-order valence-corrected chi connectivity index (χ2v) is 6.26. The Kier molecular flexibility index (Phi) is 3.63. The van der Waals surface area contributed by atoms with E-state index in [0.29, 0.717) is 10.8 Å². The van der Waals surface area contributed by atoms with Gasteiger partial charge in [-0.05, 0) is 37.8 Å². The van der Waals surface area contributed by atoms with Gasteiger partial charge in [0.15, 0.2) is 5.69 Å². The van der Waals surface area contributed by atoms with E-state index in [2.05, 4.69) is 20.6 Å². The lowest BCUT2D eigenvalue weighted by molar-refractivity contribution is 0.102. The molecule has 1 aliphatic rings. The number of para-hydroxylation sites is 1. The Labute approximate surface area is 137 Å². The molecular weight excluding hydrogens is 310 g/mol. The molecule has 0 unspecified atom stereocenters. The van der Waals surface area contributed by atoms with Crippen molar-refractivity contribution in [1.29, 1.82) is 0 Å². The van der Waals surface area contributed by atoms with Crippen LogP contribution in [0.3, 0.4) is 0 Å². The Bertz CT molecular complexity index is 826. The Balaban J connectivity index is 1.75. The molecular formula is C16H15N5OS. The lowest BCUT2D eigenvalue weighted by atomic mass is 9.95. The van der Waals surface area contributed by atoms with Gasteiger partial charge in [-0.1, -0.05) is 29.5 Å². The fraction of sp³-hybridized carbons (Fsp3) is 0.250. The van der Waals surface area contributed by atoms with Crippen molar-refractivity contribution in [2.75, 3.05) is 5.32 Å². The summed E-state index contributed by atoms with van der Waals surface area (Å²) < 4.78 is 1.91. The molecule has 1 aromatic carbocycles. The summed E-state index contributed by atoms with van der Waals surface area (Å²) in [5, 5.41) is 15.5. The molecule has 4 rings (SSSR count). The normalized spacial score (nSPS) is 13.6. The SMILES string of the molecule is O=C(Nc1nncs1)c1nn(-c2ccccc2)c2c1CCCC2. The molecule has 0 spiro atoms. The monoisotopic (exact) mass is 325 g/mol. The Morgan fingerprint density at radius 3 is 2.78 bits per heavy atom. The van der Waals surface area contributed by atoms with Crippen molar-refractivity contribution < 1.29 is 4.79 Å². The number of rotatable bonds is 3. The summed E-state index contributed by atoms with van der Waals surface area (Å²) in [5.41, 5.74) is 5.28. The number of aromatic nitrogens is 4. The van der Waals surface area contributed by atoms with Gasteiger partial charge in [0.1, 0.15) is 5.51 Å². The number of amides is 1. The highest BCUT2D eigenvalue weighted by Gasteiger charge is 2.25. The maximum atomic E-state index is 12.6. The minimum atomic E-state index is -0.213. The minimum Gasteiger partial charge on any atom is -0.295 e. The van der Waals surface area contributed by atoms with Crippen molar-refractivity contribution in [2.45, 2.75) is 25.7 Å². The average molecular weight is 325 g/mol. The van der Waals surface area contributed by atoms with Crippen molar-refractivity contribution in [1.82, 2.24) is 20.0 Å². The summed E-state index contributed by atoms with van der Waals surface area (Å²) >= 11 is 1.30. The predicted molar refractivity (Wildman–Crippen MR) is 88.1 cm³/mol. The molecule has 116 valence electrons. The standard InChI is InChI=1S/C16H15N5OS/c22-15(18-16-19-17-10-23-16)14-12-8-4-5-9-13(12)21(20-14)11-6-2-1-3-7-11/h1-3,6-7,10H,4-5,8-9H2,(H,18,19,22). The highest BCUT2D eigenvalue weighted by atomic mass is 32.1. The molecule has 23 heavy (non-hydrogen) atoms. The molecule has 3 aromatic rings. The molecule has 0 aliphatic heterocycles. The highest BCUT2D eigenvalue weighted by Crippen LogP contribution is 2.27. The van der Waals surface area contributed by atoms with Crippen LogP contribution in [-0.2, 0) is 12.8 Å². The third kappa shape index (κ3) is 2.63. The van der Waals surface area contributed by atoms with Gasteiger partial charge in [0, 0.05) is 11.3 Å². The third-order valence-electron chi connectivity index (χ3n) is 3.98. The summed E-state index contributed by atoms with van der Waals surface area (Å²) in [5.74, 6) is -0.213. The first kappa shape index (κ1) is 14.1. The van der Waals surface area contributed by atoms with Gasteiger partial charge >= 0.3 is 0 Å². The first-order valence-electron chi connectivity index (χ1n) is 7.56. The van der Waals surface area contributed by atoms with E-state index in [9.17, 15) is 4.79 Å². The number of carbonyl (C=O) groups is 1. The number of nitrogens with zero attached hydrogens (tertiary/aromatic N) is 4. The second-order valence-electron chi connectivity index (χ2n) is 5.43. The molecule has 2 heterocycles. The Hall–Kier alpha value is -2.54. The average Bonchev–Trinajstić information content (AvgIpc) is 3.23. The molecule has 0 fully saturated rings. The number of carbonyl (C=O) groups excluding carboxylic acids is 1. The van der Waals surface area contributed by atoms with Crippen LogP contribution in [0.4, 0.5) is 5.13 Å². The molecule has 0 atom stereocenters. The van der Waals surface area contributed by atoms with Gasteiger partial charge in [-0.25, -0.2) is 4.68 Å². The second kappa shape index (κ2) is 5.92. The molecule has 0 radical (unpaired) electrons. The smallest absolute Gasteiger partial charge is 0.278 e. The summed E-state index contributed by atoms with van der Waals surface area (Å²) in [6.45, 7) is 0. The number of nitrogens with one attached hydrogen (secondary N) is 1. The first-order valence-corrected chi connectivity index (χ1v) is 8.44.